The molecule has 1 aliphatic rings. The molecule has 0 fully saturated rings. The maximum Gasteiger partial charge on any atom is 0.0843 e. The summed E-state index contributed by atoms with van der Waals surface area (Å²) in [5, 5.41) is 0. The third kappa shape index (κ3) is 3.03. The summed E-state index contributed by atoms with van der Waals surface area (Å²) in [6.45, 7) is 0. The summed E-state index contributed by atoms with van der Waals surface area (Å²) in [6, 6.07) is 11.1. The summed E-state index contributed by atoms with van der Waals surface area (Å²) >= 11 is 8.83. The Bertz CT molecular complexity index is 589. The molecule has 2 atom stereocenters. The van der Waals surface area contributed by atoms with Crippen LogP contribution in [-0.4, -0.2) is 0 Å². The Morgan fingerprint density at radius 1 is 1.30 bits per heavy atom. The highest BCUT2D eigenvalue weighted by Crippen LogP contribution is 2.40. The number of nitrogens with two attached hydrogens (primary N) is 1. The molecule has 4 heteroatoms. The lowest BCUT2D eigenvalue weighted by atomic mass is 9.79. The smallest absolute Gasteiger partial charge is 0.0843 e. The van der Waals surface area contributed by atoms with Crippen LogP contribution in [0.2, 0.25) is 0 Å². The van der Waals surface area contributed by atoms with E-state index in [1.807, 2.05) is 0 Å². The van der Waals surface area contributed by atoms with Crippen molar-refractivity contribution in [2.45, 2.75) is 37.6 Å². The number of halogens is 2. The Hall–Kier alpha value is -0.160. The molecular weight excluding hydrogens is 398 g/mol. The fourth-order valence-electron chi connectivity index (χ4n) is 3.07. The first kappa shape index (κ1) is 14.8. The van der Waals surface area contributed by atoms with Gasteiger partial charge >= 0.3 is 0 Å². The number of thiophene rings is 1. The van der Waals surface area contributed by atoms with E-state index in [2.05, 4.69) is 62.2 Å². The topological polar surface area (TPSA) is 26.0 Å². The summed E-state index contributed by atoms with van der Waals surface area (Å²) in [6.07, 6.45) is 4.80. The van der Waals surface area contributed by atoms with E-state index in [-0.39, 0.29) is 6.04 Å². The number of hydrogen-bond acceptors (Lipinski definition) is 2. The standard InChI is InChI=1S/C16H17Br2NS/c17-13-9-15(20-16(13)18)14(19)8-11-6-3-5-10-4-1-2-7-12(10)11/h1-2,4,7,9,11,14H,3,5-6,8,19H2. The van der Waals surface area contributed by atoms with E-state index in [0.717, 1.165) is 14.7 Å². The van der Waals surface area contributed by atoms with Crippen LogP contribution in [0, 0.1) is 0 Å². The molecule has 0 bridgehead atoms. The number of rotatable bonds is 3. The molecular formula is C16H17Br2NS. The molecule has 20 heavy (non-hydrogen) atoms. The van der Waals surface area contributed by atoms with Crippen LogP contribution in [0.4, 0.5) is 0 Å². The van der Waals surface area contributed by atoms with Crippen LogP contribution >= 0.6 is 43.2 Å². The molecule has 1 aliphatic carbocycles. The first-order valence-electron chi connectivity index (χ1n) is 6.93. The van der Waals surface area contributed by atoms with Gasteiger partial charge in [-0.3, -0.25) is 0 Å². The third-order valence-electron chi connectivity index (χ3n) is 4.06. The molecule has 1 nitrogen and oxygen atoms in total. The van der Waals surface area contributed by atoms with Gasteiger partial charge in [0.1, 0.15) is 0 Å². The Kier molecular flexibility index (Phi) is 4.65. The highest BCUT2D eigenvalue weighted by atomic mass is 79.9. The van der Waals surface area contributed by atoms with Gasteiger partial charge in [0.15, 0.2) is 0 Å². The van der Waals surface area contributed by atoms with Gasteiger partial charge in [0.05, 0.1) is 3.79 Å². The Balaban J connectivity index is 1.78. The van der Waals surface area contributed by atoms with Gasteiger partial charge in [-0.2, -0.15) is 0 Å². The lowest BCUT2D eigenvalue weighted by Crippen LogP contribution is -2.17. The highest BCUT2D eigenvalue weighted by Gasteiger charge is 2.23. The first-order chi connectivity index (χ1) is 9.65. The molecule has 3 rings (SSSR count). The minimum atomic E-state index is 0.124. The predicted octanol–water partition coefficient (Wildman–Crippen LogP) is 5.78. The number of hydrogen-bond donors (Lipinski definition) is 1. The van der Waals surface area contributed by atoms with Crippen molar-refractivity contribution in [1.29, 1.82) is 0 Å². The van der Waals surface area contributed by atoms with E-state index < -0.39 is 0 Å². The largest absolute Gasteiger partial charge is 0.323 e. The minimum Gasteiger partial charge on any atom is -0.323 e. The van der Waals surface area contributed by atoms with Gasteiger partial charge in [-0.15, -0.1) is 11.3 Å². The number of benzene rings is 1. The van der Waals surface area contributed by atoms with Gasteiger partial charge in [0, 0.05) is 15.4 Å². The molecule has 0 aliphatic heterocycles. The highest BCUT2D eigenvalue weighted by molar-refractivity contribution is 9.13. The second-order valence-electron chi connectivity index (χ2n) is 5.40. The second kappa shape index (κ2) is 6.30. The van der Waals surface area contributed by atoms with E-state index in [9.17, 15) is 0 Å². The lowest BCUT2D eigenvalue weighted by molar-refractivity contribution is 0.479. The first-order valence-corrected chi connectivity index (χ1v) is 9.33. The molecule has 1 aromatic heterocycles. The van der Waals surface area contributed by atoms with Crippen molar-refractivity contribution in [2.24, 2.45) is 5.73 Å². The third-order valence-corrected chi connectivity index (χ3v) is 7.45. The Labute approximate surface area is 140 Å². The average Bonchev–Trinajstić information content (AvgIpc) is 2.79. The minimum absolute atomic E-state index is 0.124. The Morgan fingerprint density at radius 3 is 2.85 bits per heavy atom. The van der Waals surface area contributed by atoms with Crippen molar-refractivity contribution in [3.63, 3.8) is 0 Å². The quantitative estimate of drug-likeness (QED) is 0.676. The fraction of sp³-hybridized carbons (Fsp3) is 0.375. The summed E-state index contributed by atoms with van der Waals surface area (Å²) in [5.74, 6) is 0.606. The van der Waals surface area contributed by atoms with Gasteiger partial charge < -0.3 is 5.73 Å². The Morgan fingerprint density at radius 2 is 2.10 bits per heavy atom. The van der Waals surface area contributed by atoms with Crippen LogP contribution < -0.4 is 5.73 Å². The molecule has 106 valence electrons. The molecule has 1 heterocycles. The van der Waals surface area contributed by atoms with Crippen molar-refractivity contribution >= 4 is 43.2 Å². The molecule has 0 radical (unpaired) electrons. The molecule has 0 saturated heterocycles. The molecule has 0 spiro atoms. The summed E-state index contributed by atoms with van der Waals surface area (Å²) in [5.41, 5.74) is 9.47. The van der Waals surface area contributed by atoms with Crippen molar-refractivity contribution in [3.05, 3.63) is 54.6 Å². The van der Waals surface area contributed by atoms with Crippen LogP contribution in [0.15, 0.2) is 38.6 Å². The molecule has 2 N–H and O–H groups in total. The fourth-order valence-corrected chi connectivity index (χ4v) is 5.17. The summed E-state index contributed by atoms with van der Waals surface area (Å²) in [7, 11) is 0. The zero-order valence-electron chi connectivity index (χ0n) is 11.1. The average molecular weight is 415 g/mol. The van der Waals surface area contributed by atoms with Crippen molar-refractivity contribution in [3.8, 4) is 0 Å². The second-order valence-corrected chi connectivity index (χ2v) is 8.66. The van der Waals surface area contributed by atoms with Crippen molar-refractivity contribution in [2.75, 3.05) is 0 Å². The van der Waals surface area contributed by atoms with E-state index >= 15 is 0 Å². The van der Waals surface area contributed by atoms with Gasteiger partial charge in [-0.1, -0.05) is 24.3 Å². The zero-order valence-corrected chi connectivity index (χ0v) is 15.1. The van der Waals surface area contributed by atoms with Gasteiger partial charge in [-0.25, -0.2) is 0 Å². The predicted molar refractivity (Wildman–Crippen MR) is 93.4 cm³/mol. The molecule has 1 aromatic carbocycles. The summed E-state index contributed by atoms with van der Waals surface area (Å²) < 4.78 is 2.24. The number of aryl methyl sites for hydroxylation is 1. The van der Waals surface area contributed by atoms with Gasteiger partial charge in [0.2, 0.25) is 0 Å². The zero-order chi connectivity index (χ0) is 14.1. The number of fused-ring (bicyclic) bond motifs is 1. The van der Waals surface area contributed by atoms with Crippen molar-refractivity contribution < 1.29 is 0 Å². The van der Waals surface area contributed by atoms with Gasteiger partial charge in [-0.05, 0) is 80.7 Å². The maximum absolute atomic E-state index is 6.43. The normalized spacial score (nSPS) is 19.6. The molecule has 2 aromatic rings. The SMILES string of the molecule is NC(CC1CCCc2ccccc21)c1cc(Br)c(Br)s1. The van der Waals surface area contributed by atoms with Crippen LogP contribution in [0.25, 0.3) is 0 Å². The van der Waals surface area contributed by atoms with Gasteiger partial charge in [0.25, 0.3) is 0 Å². The lowest BCUT2D eigenvalue weighted by Gasteiger charge is -2.27. The van der Waals surface area contributed by atoms with E-state index in [0.29, 0.717) is 5.92 Å². The van der Waals surface area contributed by atoms with Crippen LogP contribution in [-0.2, 0) is 6.42 Å². The molecule has 0 amide bonds. The van der Waals surface area contributed by atoms with Crippen molar-refractivity contribution in [1.82, 2.24) is 0 Å². The monoisotopic (exact) mass is 413 g/mol. The van der Waals surface area contributed by atoms with Crippen LogP contribution in [0.5, 0.6) is 0 Å². The van der Waals surface area contributed by atoms with Crippen LogP contribution in [0.1, 0.15) is 47.2 Å². The van der Waals surface area contributed by atoms with Crippen LogP contribution in [0.3, 0.4) is 0 Å². The molecule has 0 saturated carbocycles. The van der Waals surface area contributed by atoms with E-state index in [1.165, 1.54) is 35.3 Å². The summed E-state index contributed by atoms with van der Waals surface area (Å²) in [4.78, 5) is 1.26. The maximum atomic E-state index is 6.43. The van der Waals surface area contributed by atoms with E-state index in [1.54, 1.807) is 11.3 Å². The molecule has 2 unspecified atom stereocenters. The van der Waals surface area contributed by atoms with E-state index in [4.69, 9.17) is 5.73 Å².